The highest BCUT2D eigenvalue weighted by Gasteiger charge is 2.31. The third-order valence-electron chi connectivity index (χ3n) is 7.88. The van der Waals surface area contributed by atoms with Crippen molar-refractivity contribution in [3.05, 3.63) is 24.3 Å². The highest BCUT2D eigenvalue weighted by molar-refractivity contribution is 4.92. The van der Waals surface area contributed by atoms with Crippen molar-refractivity contribution in [1.82, 2.24) is 4.90 Å². The van der Waals surface area contributed by atoms with Gasteiger partial charge in [-0.1, -0.05) is 109 Å². The van der Waals surface area contributed by atoms with Gasteiger partial charge in [0.05, 0.1) is 12.2 Å². The molecule has 0 bridgehead atoms. The third kappa shape index (κ3) is 20.9. The molecule has 3 nitrogen and oxygen atoms in total. The molecule has 1 fully saturated rings. The quantitative estimate of drug-likeness (QED) is 0.0884. The van der Waals surface area contributed by atoms with Crippen molar-refractivity contribution < 1.29 is 9.47 Å². The molecule has 1 aliphatic rings. The molecule has 3 atom stereocenters. The van der Waals surface area contributed by atoms with E-state index in [0.717, 1.165) is 38.9 Å². The second-order valence-corrected chi connectivity index (χ2v) is 11.7. The summed E-state index contributed by atoms with van der Waals surface area (Å²) in [6.07, 6.45) is 37.0. The number of unbranched alkanes of at least 4 members (excludes halogenated alkanes) is 14. The molecule has 0 amide bonds. The summed E-state index contributed by atoms with van der Waals surface area (Å²) in [6, 6.07) is 0.587. The van der Waals surface area contributed by atoms with Crippen LogP contribution in [0.4, 0.5) is 0 Å². The summed E-state index contributed by atoms with van der Waals surface area (Å²) in [5.41, 5.74) is 0. The molecule has 0 heterocycles. The molecule has 3 heteroatoms. The summed E-state index contributed by atoms with van der Waals surface area (Å²) in [5.74, 6) is 0. The van der Waals surface area contributed by atoms with Gasteiger partial charge in [0.15, 0.2) is 0 Å². The predicted molar refractivity (Wildman–Crippen MR) is 164 cm³/mol. The Kier molecular flexibility index (Phi) is 23.8. The second-order valence-electron chi connectivity index (χ2n) is 11.7. The Bertz CT molecular complexity index is 530. The lowest BCUT2D eigenvalue weighted by molar-refractivity contribution is -0.0667. The zero-order chi connectivity index (χ0) is 26.8. The molecule has 1 aliphatic carbocycles. The van der Waals surface area contributed by atoms with Gasteiger partial charge in [-0.25, -0.2) is 0 Å². The van der Waals surface area contributed by atoms with Gasteiger partial charge in [0.1, 0.15) is 0 Å². The number of rotatable bonds is 25. The van der Waals surface area contributed by atoms with E-state index in [4.69, 9.17) is 9.47 Å². The minimum atomic E-state index is 0.369. The summed E-state index contributed by atoms with van der Waals surface area (Å²) >= 11 is 0. The number of nitrogens with zero attached hydrogens (tertiary/aromatic N) is 1. The van der Waals surface area contributed by atoms with Crippen molar-refractivity contribution in [3.63, 3.8) is 0 Å². The van der Waals surface area contributed by atoms with Crippen molar-refractivity contribution in [2.24, 2.45) is 0 Å². The Hall–Kier alpha value is -0.640. The molecular formula is C34H65NO2. The monoisotopic (exact) mass is 520 g/mol. The van der Waals surface area contributed by atoms with E-state index in [2.05, 4.69) is 57.1 Å². The molecule has 0 aromatic carbocycles. The molecule has 0 aliphatic heterocycles. The van der Waals surface area contributed by atoms with Crippen LogP contribution in [0.25, 0.3) is 0 Å². The van der Waals surface area contributed by atoms with Gasteiger partial charge in [0, 0.05) is 19.3 Å². The summed E-state index contributed by atoms with van der Waals surface area (Å²) in [4.78, 5) is 2.37. The van der Waals surface area contributed by atoms with Gasteiger partial charge in [-0.2, -0.15) is 0 Å². The average Bonchev–Trinajstić information content (AvgIpc) is 2.89. The Morgan fingerprint density at radius 1 is 0.541 bits per heavy atom. The number of hydrogen-bond donors (Lipinski definition) is 0. The molecule has 1 saturated carbocycles. The number of allylic oxidation sites excluding steroid dienone is 4. The maximum absolute atomic E-state index is 6.36. The van der Waals surface area contributed by atoms with Gasteiger partial charge < -0.3 is 14.4 Å². The van der Waals surface area contributed by atoms with E-state index in [-0.39, 0.29) is 0 Å². The van der Waals surface area contributed by atoms with E-state index in [9.17, 15) is 0 Å². The van der Waals surface area contributed by atoms with E-state index >= 15 is 0 Å². The van der Waals surface area contributed by atoms with Gasteiger partial charge in [0.2, 0.25) is 0 Å². The van der Waals surface area contributed by atoms with E-state index in [1.165, 1.54) is 109 Å². The van der Waals surface area contributed by atoms with Crippen molar-refractivity contribution in [1.29, 1.82) is 0 Å². The maximum atomic E-state index is 6.36. The van der Waals surface area contributed by atoms with Crippen LogP contribution in [0.3, 0.4) is 0 Å². The lowest BCUT2D eigenvalue weighted by Crippen LogP contribution is -2.42. The molecule has 0 aromatic rings. The van der Waals surface area contributed by atoms with Crippen LogP contribution in [-0.4, -0.2) is 50.5 Å². The van der Waals surface area contributed by atoms with E-state index in [1.54, 1.807) is 0 Å². The van der Waals surface area contributed by atoms with Gasteiger partial charge >= 0.3 is 0 Å². The summed E-state index contributed by atoms with van der Waals surface area (Å²) in [7, 11) is 4.42. The van der Waals surface area contributed by atoms with Crippen LogP contribution in [0, 0.1) is 0 Å². The van der Waals surface area contributed by atoms with E-state index in [0.29, 0.717) is 18.2 Å². The Labute approximate surface area is 232 Å². The number of hydrogen-bond acceptors (Lipinski definition) is 3. The second kappa shape index (κ2) is 25.6. The molecule has 0 unspecified atom stereocenters. The Morgan fingerprint density at radius 3 is 1.49 bits per heavy atom. The topological polar surface area (TPSA) is 21.7 Å². The standard InChI is InChI=1S/C34H65NO2/c1-5-7-9-11-13-14-15-16-17-18-19-20-21-22-24-26-28-37-34-30-32(35(3)4)29-33(31-34)36-27-25-23-12-10-8-6-2/h13-14,16-17,32-34H,5-12,15,18-31H2,1-4H3/b14-13-,17-16-/t32-,33+,34-/m1/s1. The minimum Gasteiger partial charge on any atom is -0.378 e. The zero-order valence-corrected chi connectivity index (χ0v) is 25.6. The highest BCUT2D eigenvalue weighted by atomic mass is 16.5. The van der Waals surface area contributed by atoms with E-state index < -0.39 is 0 Å². The third-order valence-corrected chi connectivity index (χ3v) is 7.88. The molecule has 0 saturated heterocycles. The number of ether oxygens (including phenoxy) is 2. The first-order chi connectivity index (χ1) is 18.2. The first kappa shape index (κ1) is 34.4. The molecule has 37 heavy (non-hydrogen) atoms. The maximum Gasteiger partial charge on any atom is 0.0614 e. The van der Waals surface area contributed by atoms with Crippen molar-refractivity contribution in [2.45, 2.75) is 167 Å². The summed E-state index contributed by atoms with van der Waals surface area (Å²) in [5, 5.41) is 0. The Morgan fingerprint density at radius 2 is 0.973 bits per heavy atom. The lowest BCUT2D eigenvalue weighted by Gasteiger charge is -2.38. The molecular weight excluding hydrogens is 454 g/mol. The minimum absolute atomic E-state index is 0.369. The summed E-state index contributed by atoms with van der Waals surface area (Å²) < 4.78 is 12.7. The molecule has 0 aromatic heterocycles. The van der Waals surface area contributed by atoms with Gasteiger partial charge in [0.25, 0.3) is 0 Å². The average molecular weight is 520 g/mol. The SMILES string of the molecule is CCCCC/C=C\C/C=C\CCCCCCCCO[C@H]1C[C@@H](OCCCCCCCC)C[C@@H](N(C)C)C1. The van der Waals surface area contributed by atoms with E-state index in [1.807, 2.05) is 0 Å². The lowest BCUT2D eigenvalue weighted by atomic mass is 9.89. The first-order valence-electron chi connectivity index (χ1n) is 16.4. The van der Waals surface area contributed by atoms with Crippen LogP contribution >= 0.6 is 0 Å². The summed E-state index contributed by atoms with van der Waals surface area (Å²) in [6.45, 7) is 6.39. The van der Waals surface area contributed by atoms with Crippen LogP contribution in [-0.2, 0) is 9.47 Å². The smallest absolute Gasteiger partial charge is 0.0614 e. The molecule has 0 N–H and O–H groups in total. The largest absolute Gasteiger partial charge is 0.378 e. The predicted octanol–water partition coefficient (Wildman–Crippen LogP) is 10.0. The van der Waals surface area contributed by atoms with Crippen molar-refractivity contribution in [2.75, 3.05) is 27.3 Å². The molecule has 0 radical (unpaired) electrons. The normalized spacial score (nSPS) is 20.6. The van der Waals surface area contributed by atoms with Crippen LogP contribution < -0.4 is 0 Å². The van der Waals surface area contributed by atoms with Crippen LogP contribution in [0.15, 0.2) is 24.3 Å². The molecule has 1 rings (SSSR count). The van der Waals surface area contributed by atoms with Crippen molar-refractivity contribution >= 4 is 0 Å². The molecule has 0 spiro atoms. The fraction of sp³-hybridized carbons (Fsp3) is 0.882. The van der Waals surface area contributed by atoms with Crippen molar-refractivity contribution in [3.8, 4) is 0 Å². The van der Waals surface area contributed by atoms with Crippen LogP contribution in [0.5, 0.6) is 0 Å². The van der Waals surface area contributed by atoms with Crippen LogP contribution in [0.2, 0.25) is 0 Å². The fourth-order valence-electron chi connectivity index (χ4n) is 5.36. The Balaban J connectivity index is 2.02. The molecule has 218 valence electrons. The zero-order valence-electron chi connectivity index (χ0n) is 25.6. The fourth-order valence-corrected chi connectivity index (χ4v) is 5.36. The van der Waals surface area contributed by atoms with Gasteiger partial charge in [-0.05, 0) is 78.3 Å². The van der Waals surface area contributed by atoms with Crippen LogP contribution in [0.1, 0.15) is 149 Å². The highest BCUT2D eigenvalue weighted by Crippen LogP contribution is 2.27. The van der Waals surface area contributed by atoms with Gasteiger partial charge in [-0.3, -0.25) is 0 Å². The first-order valence-corrected chi connectivity index (χ1v) is 16.4. The van der Waals surface area contributed by atoms with Gasteiger partial charge in [-0.15, -0.1) is 0 Å².